The molecule has 0 aromatic heterocycles. The quantitative estimate of drug-likeness (QED) is 0.597. The maximum atomic E-state index is 11.6. The Balaban J connectivity index is 1.76. The summed E-state index contributed by atoms with van der Waals surface area (Å²) in [5, 5.41) is 5.10. The summed E-state index contributed by atoms with van der Waals surface area (Å²) in [5.74, 6) is -1.16. The number of ether oxygens (including phenoxy) is 1. The summed E-state index contributed by atoms with van der Waals surface area (Å²) < 4.78 is 5.92. The monoisotopic (exact) mass is 388 g/mol. The second-order valence-corrected chi connectivity index (χ2v) is 5.57. The first-order valence-corrected chi connectivity index (χ1v) is 7.14. The van der Waals surface area contributed by atoms with Crippen molar-refractivity contribution < 1.29 is 19.1 Å². The molecule has 1 aliphatic heterocycles. The number of hydrogen-bond acceptors (Lipinski definition) is 4. The van der Waals surface area contributed by atoms with Gasteiger partial charge in [0, 0.05) is 15.7 Å². The number of nitrogens with one attached hydrogen (secondary N) is 2. The number of carbonyl (C=O) groups excluding carboxylic acids is 3. The Labute approximate surface area is 129 Å². The molecule has 1 aromatic carbocycles. The maximum absolute atomic E-state index is 11.6. The number of halogens is 1. The van der Waals surface area contributed by atoms with Crippen LogP contribution < -0.4 is 10.6 Å². The Hall–Kier alpha value is -1.64. The van der Waals surface area contributed by atoms with Crippen LogP contribution in [-0.2, 0) is 19.1 Å². The molecule has 2 rings (SSSR count). The zero-order valence-corrected chi connectivity index (χ0v) is 12.7. The third kappa shape index (κ3) is 4.19. The highest BCUT2D eigenvalue weighted by Gasteiger charge is 2.28. The van der Waals surface area contributed by atoms with Crippen molar-refractivity contribution in [1.29, 1.82) is 0 Å². The first kappa shape index (κ1) is 14.8. The van der Waals surface area contributed by atoms with Gasteiger partial charge in [-0.05, 0) is 53.3 Å². The van der Waals surface area contributed by atoms with Gasteiger partial charge in [-0.15, -0.1) is 0 Å². The standard InChI is InChI=1S/C13H13IN2O4/c14-8-1-3-9(4-2-8)15-12(18)7-20-13(19)10-5-6-11(17)16-10/h1-4,10H,5-7H2,(H,15,18)(H,16,17)/t10-/m1/s1. The van der Waals surface area contributed by atoms with Crippen molar-refractivity contribution in [2.45, 2.75) is 18.9 Å². The molecule has 0 saturated carbocycles. The minimum Gasteiger partial charge on any atom is -0.454 e. The van der Waals surface area contributed by atoms with Crippen LogP contribution in [0.3, 0.4) is 0 Å². The predicted octanol–water partition coefficient (Wildman–Crippen LogP) is 1.05. The van der Waals surface area contributed by atoms with Gasteiger partial charge in [0.15, 0.2) is 6.61 Å². The molecule has 1 atom stereocenters. The lowest BCUT2D eigenvalue weighted by atomic mass is 10.2. The second-order valence-electron chi connectivity index (χ2n) is 4.32. The van der Waals surface area contributed by atoms with E-state index in [-0.39, 0.29) is 12.5 Å². The lowest BCUT2D eigenvalue weighted by molar-refractivity contribution is -0.149. The van der Waals surface area contributed by atoms with E-state index in [0.717, 1.165) is 3.57 Å². The van der Waals surface area contributed by atoms with Crippen LogP contribution in [0, 0.1) is 3.57 Å². The first-order chi connectivity index (χ1) is 9.54. The molecule has 1 fully saturated rings. The van der Waals surface area contributed by atoms with Crippen molar-refractivity contribution in [3.63, 3.8) is 0 Å². The van der Waals surface area contributed by atoms with E-state index in [1.807, 2.05) is 12.1 Å². The van der Waals surface area contributed by atoms with Crippen LogP contribution in [0.25, 0.3) is 0 Å². The summed E-state index contributed by atoms with van der Waals surface area (Å²) in [6.45, 7) is -0.364. The number of benzene rings is 1. The van der Waals surface area contributed by atoms with Crippen LogP contribution in [0.15, 0.2) is 24.3 Å². The Morgan fingerprint density at radius 3 is 2.65 bits per heavy atom. The summed E-state index contributed by atoms with van der Waals surface area (Å²) in [5.41, 5.74) is 0.639. The predicted molar refractivity (Wildman–Crippen MR) is 79.9 cm³/mol. The SMILES string of the molecule is O=C(COC(=O)[C@H]1CCC(=O)N1)Nc1ccc(I)cc1. The molecule has 7 heteroatoms. The topological polar surface area (TPSA) is 84.5 Å². The number of carbonyl (C=O) groups is 3. The molecule has 2 amide bonds. The molecule has 20 heavy (non-hydrogen) atoms. The molecule has 0 bridgehead atoms. The van der Waals surface area contributed by atoms with Crippen LogP contribution in [0.1, 0.15) is 12.8 Å². The van der Waals surface area contributed by atoms with Gasteiger partial charge in [-0.25, -0.2) is 4.79 Å². The van der Waals surface area contributed by atoms with Gasteiger partial charge < -0.3 is 15.4 Å². The highest BCUT2D eigenvalue weighted by atomic mass is 127. The summed E-state index contributed by atoms with van der Waals surface area (Å²) in [7, 11) is 0. The summed E-state index contributed by atoms with van der Waals surface area (Å²) in [4.78, 5) is 34.1. The Morgan fingerprint density at radius 1 is 1.35 bits per heavy atom. The van der Waals surface area contributed by atoms with E-state index in [1.165, 1.54) is 0 Å². The van der Waals surface area contributed by atoms with Crippen molar-refractivity contribution in [2.75, 3.05) is 11.9 Å². The first-order valence-electron chi connectivity index (χ1n) is 6.06. The lowest BCUT2D eigenvalue weighted by Gasteiger charge is -2.10. The van der Waals surface area contributed by atoms with Crippen LogP contribution in [0.4, 0.5) is 5.69 Å². The average molecular weight is 388 g/mol. The molecule has 0 radical (unpaired) electrons. The van der Waals surface area contributed by atoms with Gasteiger partial charge >= 0.3 is 5.97 Å². The molecule has 6 nitrogen and oxygen atoms in total. The smallest absolute Gasteiger partial charge is 0.329 e. The molecular formula is C13H13IN2O4. The zero-order chi connectivity index (χ0) is 14.5. The second kappa shape index (κ2) is 6.69. The molecule has 0 spiro atoms. The van der Waals surface area contributed by atoms with Gasteiger partial charge in [0.05, 0.1) is 0 Å². The van der Waals surface area contributed by atoms with Gasteiger partial charge in [0.1, 0.15) is 6.04 Å². The molecule has 0 unspecified atom stereocenters. The van der Waals surface area contributed by atoms with Gasteiger partial charge in [0.2, 0.25) is 5.91 Å². The van der Waals surface area contributed by atoms with Crippen molar-refractivity contribution in [3.05, 3.63) is 27.8 Å². The Morgan fingerprint density at radius 2 is 2.05 bits per heavy atom. The van der Waals surface area contributed by atoms with Crippen LogP contribution in [0.2, 0.25) is 0 Å². The molecular weight excluding hydrogens is 375 g/mol. The lowest BCUT2D eigenvalue weighted by Crippen LogP contribution is -2.36. The van der Waals surface area contributed by atoms with E-state index in [2.05, 4.69) is 33.2 Å². The van der Waals surface area contributed by atoms with Crippen LogP contribution in [-0.4, -0.2) is 30.4 Å². The third-order valence-electron chi connectivity index (χ3n) is 2.75. The van der Waals surface area contributed by atoms with E-state index in [4.69, 9.17) is 4.74 Å². The highest BCUT2D eigenvalue weighted by molar-refractivity contribution is 14.1. The molecule has 1 aromatic rings. The number of rotatable bonds is 4. The minimum atomic E-state index is -0.631. The number of anilines is 1. The molecule has 2 N–H and O–H groups in total. The Kier molecular flexibility index (Phi) is 4.94. The van der Waals surface area contributed by atoms with Crippen LogP contribution >= 0.6 is 22.6 Å². The number of amides is 2. The number of hydrogen-bond donors (Lipinski definition) is 2. The molecule has 1 aliphatic rings. The Bertz CT molecular complexity index is 530. The van der Waals surface area contributed by atoms with Gasteiger partial charge in [-0.2, -0.15) is 0 Å². The van der Waals surface area contributed by atoms with E-state index >= 15 is 0 Å². The summed E-state index contributed by atoms with van der Waals surface area (Å²) in [6.07, 6.45) is 0.727. The van der Waals surface area contributed by atoms with Gasteiger partial charge in [0.25, 0.3) is 5.91 Å². The van der Waals surface area contributed by atoms with Crippen molar-refractivity contribution in [1.82, 2.24) is 5.32 Å². The largest absolute Gasteiger partial charge is 0.454 e. The van der Waals surface area contributed by atoms with Crippen molar-refractivity contribution in [3.8, 4) is 0 Å². The highest BCUT2D eigenvalue weighted by Crippen LogP contribution is 2.11. The molecule has 106 valence electrons. The fraction of sp³-hybridized carbons (Fsp3) is 0.308. The normalized spacial score (nSPS) is 17.4. The van der Waals surface area contributed by atoms with Crippen molar-refractivity contribution >= 4 is 46.1 Å². The van der Waals surface area contributed by atoms with E-state index < -0.39 is 17.9 Å². The van der Waals surface area contributed by atoms with E-state index in [0.29, 0.717) is 18.5 Å². The van der Waals surface area contributed by atoms with Gasteiger partial charge in [-0.3, -0.25) is 9.59 Å². The average Bonchev–Trinajstić information content (AvgIpc) is 2.85. The van der Waals surface area contributed by atoms with Crippen molar-refractivity contribution in [2.24, 2.45) is 0 Å². The fourth-order valence-corrected chi connectivity index (χ4v) is 2.12. The van der Waals surface area contributed by atoms with E-state index in [9.17, 15) is 14.4 Å². The third-order valence-corrected chi connectivity index (χ3v) is 3.47. The fourth-order valence-electron chi connectivity index (χ4n) is 1.76. The maximum Gasteiger partial charge on any atom is 0.329 e. The molecule has 1 saturated heterocycles. The summed E-state index contributed by atoms with van der Waals surface area (Å²) >= 11 is 2.16. The zero-order valence-electron chi connectivity index (χ0n) is 10.5. The minimum absolute atomic E-state index is 0.171. The molecule has 1 heterocycles. The van der Waals surface area contributed by atoms with E-state index in [1.54, 1.807) is 12.1 Å². The number of esters is 1. The van der Waals surface area contributed by atoms with Crippen LogP contribution in [0.5, 0.6) is 0 Å². The summed E-state index contributed by atoms with van der Waals surface area (Å²) in [6, 6.07) is 6.61. The van der Waals surface area contributed by atoms with Gasteiger partial charge in [-0.1, -0.05) is 0 Å². The molecule has 0 aliphatic carbocycles.